The van der Waals surface area contributed by atoms with E-state index >= 15 is 0 Å². The van der Waals surface area contributed by atoms with Gasteiger partial charge >= 0.3 is 0 Å². The second kappa shape index (κ2) is 11.4. The number of benzene rings is 7. The van der Waals surface area contributed by atoms with Crippen molar-refractivity contribution in [3.05, 3.63) is 168 Å². The molecule has 2 heterocycles. The second-order valence-electron chi connectivity index (χ2n) is 12.3. The average Bonchev–Trinajstić information content (AvgIpc) is 3.70. The zero-order valence-corrected chi connectivity index (χ0v) is 26.7. The predicted molar refractivity (Wildman–Crippen MR) is 200 cm³/mol. The molecule has 0 bridgehead atoms. The Hall–Kier alpha value is -7.39. The molecule has 0 aliphatic carbocycles. The second-order valence-corrected chi connectivity index (χ2v) is 12.3. The molecule has 0 atom stereocenters. The van der Waals surface area contributed by atoms with Crippen molar-refractivity contribution in [3.8, 4) is 51.8 Å². The molecule has 9 rings (SSSR count). The van der Waals surface area contributed by atoms with Crippen molar-refractivity contribution >= 4 is 43.6 Å². The monoisotopic (exact) mass is 635 g/mol. The fourth-order valence-electron chi connectivity index (χ4n) is 7.53. The molecule has 0 saturated carbocycles. The number of hydrogen-bond donors (Lipinski definition) is 0. The first-order chi connectivity index (χ1) is 24.7. The Kier molecular flexibility index (Phi) is 6.56. The molecule has 0 unspecified atom stereocenters. The van der Waals surface area contributed by atoms with E-state index in [1.54, 1.807) is 0 Å². The SMILES string of the molecule is N#Cc1ccc2c(c1)c1ccccc1n2-c1ccc(-c2c(C#N)cccc2-c2ccccc2-n2c3ccccc3c3cccc(C#N)c32)cc1. The molecule has 0 amide bonds. The van der Waals surface area contributed by atoms with Crippen LogP contribution in [0.1, 0.15) is 16.7 Å². The number of rotatable bonds is 4. The molecule has 5 heteroatoms. The van der Waals surface area contributed by atoms with Crippen LogP contribution in [0.5, 0.6) is 0 Å². The molecule has 7 aromatic carbocycles. The molecule has 2 aromatic heterocycles. The van der Waals surface area contributed by atoms with Gasteiger partial charge in [-0.15, -0.1) is 0 Å². The fourth-order valence-corrected chi connectivity index (χ4v) is 7.53. The van der Waals surface area contributed by atoms with E-state index in [0.717, 1.165) is 77.2 Å². The third-order valence-electron chi connectivity index (χ3n) is 9.65. The van der Waals surface area contributed by atoms with Gasteiger partial charge in [-0.05, 0) is 71.8 Å². The fraction of sp³-hybridized carbons (Fsp3) is 0. The Morgan fingerprint density at radius 3 is 1.78 bits per heavy atom. The summed E-state index contributed by atoms with van der Waals surface area (Å²) in [6.45, 7) is 0. The zero-order valence-electron chi connectivity index (χ0n) is 26.7. The van der Waals surface area contributed by atoms with E-state index in [-0.39, 0.29) is 0 Å². The van der Waals surface area contributed by atoms with Crippen LogP contribution < -0.4 is 0 Å². The lowest BCUT2D eigenvalue weighted by molar-refractivity contribution is 1.18. The summed E-state index contributed by atoms with van der Waals surface area (Å²) in [6, 6.07) is 57.7. The van der Waals surface area contributed by atoms with Gasteiger partial charge in [0.15, 0.2) is 0 Å². The summed E-state index contributed by atoms with van der Waals surface area (Å²) in [7, 11) is 0. The van der Waals surface area contributed by atoms with Gasteiger partial charge < -0.3 is 9.13 Å². The van der Waals surface area contributed by atoms with Crippen LogP contribution in [0.3, 0.4) is 0 Å². The number of nitriles is 3. The van der Waals surface area contributed by atoms with Gasteiger partial charge in [-0.25, -0.2) is 0 Å². The molecule has 0 aliphatic rings. The van der Waals surface area contributed by atoms with Crippen molar-refractivity contribution in [1.29, 1.82) is 15.8 Å². The first-order valence-electron chi connectivity index (χ1n) is 16.3. The number of nitrogens with zero attached hydrogens (tertiary/aromatic N) is 5. The first kappa shape index (κ1) is 28.8. The highest BCUT2D eigenvalue weighted by molar-refractivity contribution is 6.12. The maximum absolute atomic E-state index is 10.4. The van der Waals surface area contributed by atoms with Crippen LogP contribution in [0.15, 0.2) is 152 Å². The van der Waals surface area contributed by atoms with Crippen LogP contribution in [0.2, 0.25) is 0 Å². The normalized spacial score (nSPS) is 11.1. The van der Waals surface area contributed by atoms with Crippen molar-refractivity contribution in [2.45, 2.75) is 0 Å². The quantitative estimate of drug-likeness (QED) is 0.193. The van der Waals surface area contributed by atoms with E-state index < -0.39 is 0 Å². The zero-order chi connectivity index (χ0) is 33.8. The molecule has 230 valence electrons. The Morgan fingerprint density at radius 1 is 0.420 bits per heavy atom. The van der Waals surface area contributed by atoms with E-state index in [1.165, 1.54) is 0 Å². The minimum atomic E-state index is 0.575. The summed E-state index contributed by atoms with van der Waals surface area (Å²) >= 11 is 0. The third-order valence-corrected chi connectivity index (χ3v) is 9.65. The van der Waals surface area contributed by atoms with Crippen molar-refractivity contribution < 1.29 is 0 Å². The van der Waals surface area contributed by atoms with Crippen LogP contribution in [-0.2, 0) is 0 Å². The first-order valence-corrected chi connectivity index (χ1v) is 16.3. The molecule has 0 fully saturated rings. The van der Waals surface area contributed by atoms with Gasteiger partial charge in [-0.1, -0.05) is 91.0 Å². The molecule has 0 aliphatic heterocycles. The number of aromatic nitrogens is 2. The van der Waals surface area contributed by atoms with Crippen LogP contribution in [-0.4, -0.2) is 9.13 Å². The van der Waals surface area contributed by atoms with Gasteiger partial charge in [0.25, 0.3) is 0 Å². The summed E-state index contributed by atoms with van der Waals surface area (Å²) in [5.41, 5.74) is 11.3. The Bertz CT molecular complexity index is 2960. The molecule has 5 nitrogen and oxygen atoms in total. The summed E-state index contributed by atoms with van der Waals surface area (Å²) in [4.78, 5) is 0. The predicted octanol–water partition coefficient (Wildman–Crippen LogP) is 10.8. The van der Waals surface area contributed by atoms with E-state index in [0.29, 0.717) is 16.7 Å². The van der Waals surface area contributed by atoms with E-state index in [4.69, 9.17) is 0 Å². The molecule has 9 aromatic rings. The molecule has 0 spiro atoms. The van der Waals surface area contributed by atoms with Crippen molar-refractivity contribution in [3.63, 3.8) is 0 Å². The molecule has 0 saturated heterocycles. The van der Waals surface area contributed by atoms with E-state index in [9.17, 15) is 15.8 Å². The third kappa shape index (κ3) is 4.24. The Balaban J connectivity index is 1.25. The van der Waals surface area contributed by atoms with Crippen LogP contribution in [0, 0.1) is 34.0 Å². The van der Waals surface area contributed by atoms with Crippen LogP contribution in [0.25, 0.3) is 77.2 Å². The lowest BCUT2D eigenvalue weighted by Gasteiger charge is -2.18. The maximum Gasteiger partial charge on any atom is 0.101 e. The number of fused-ring (bicyclic) bond motifs is 6. The minimum absolute atomic E-state index is 0.575. The topological polar surface area (TPSA) is 81.2 Å². The summed E-state index contributed by atoms with van der Waals surface area (Å²) in [5, 5.41) is 34.4. The summed E-state index contributed by atoms with van der Waals surface area (Å²) in [6.07, 6.45) is 0. The van der Waals surface area contributed by atoms with Gasteiger partial charge in [0.2, 0.25) is 0 Å². The number of para-hydroxylation sites is 4. The highest BCUT2D eigenvalue weighted by Crippen LogP contribution is 2.42. The summed E-state index contributed by atoms with van der Waals surface area (Å²) in [5.74, 6) is 0. The van der Waals surface area contributed by atoms with Gasteiger partial charge in [0, 0.05) is 38.4 Å². The van der Waals surface area contributed by atoms with Crippen molar-refractivity contribution in [2.24, 2.45) is 0 Å². The standard InChI is InChI=1S/C45H25N5/c46-26-29-19-24-43-39(25-29)36-13-3-4-16-40(36)49(43)33-22-20-30(21-23-33)44-31(27-47)9-7-14-37(44)34-11-1-5-17-41(34)50-42-18-6-2-12-35(42)38-15-8-10-32(28-48)45(38)50/h1-25H. The largest absolute Gasteiger partial charge is 0.309 e. The van der Waals surface area contributed by atoms with Crippen LogP contribution >= 0.6 is 0 Å². The molecule has 50 heavy (non-hydrogen) atoms. The molecular formula is C45H25N5. The van der Waals surface area contributed by atoms with Crippen LogP contribution in [0.4, 0.5) is 0 Å². The van der Waals surface area contributed by atoms with E-state index in [1.807, 2.05) is 78.9 Å². The van der Waals surface area contributed by atoms with Gasteiger partial charge in [-0.2, -0.15) is 15.8 Å². The highest BCUT2D eigenvalue weighted by atomic mass is 15.0. The van der Waals surface area contributed by atoms with Crippen molar-refractivity contribution in [2.75, 3.05) is 0 Å². The molecule has 0 N–H and O–H groups in total. The maximum atomic E-state index is 10.4. The summed E-state index contributed by atoms with van der Waals surface area (Å²) < 4.78 is 4.40. The van der Waals surface area contributed by atoms with Crippen molar-refractivity contribution in [1.82, 2.24) is 9.13 Å². The lowest BCUT2D eigenvalue weighted by Crippen LogP contribution is -2.00. The molecular weight excluding hydrogens is 611 g/mol. The van der Waals surface area contributed by atoms with Gasteiger partial charge in [0.1, 0.15) is 6.07 Å². The number of hydrogen-bond acceptors (Lipinski definition) is 3. The average molecular weight is 636 g/mol. The van der Waals surface area contributed by atoms with Gasteiger partial charge in [-0.3, -0.25) is 0 Å². The lowest BCUT2D eigenvalue weighted by atomic mass is 9.90. The van der Waals surface area contributed by atoms with Gasteiger partial charge in [0.05, 0.1) is 56.6 Å². The Labute approximate surface area is 287 Å². The Morgan fingerprint density at radius 2 is 1.02 bits per heavy atom. The van der Waals surface area contributed by atoms with E-state index in [2.05, 4.69) is 100 Å². The minimum Gasteiger partial charge on any atom is -0.309 e. The molecule has 0 radical (unpaired) electrons. The highest BCUT2D eigenvalue weighted by Gasteiger charge is 2.21. The smallest absolute Gasteiger partial charge is 0.101 e.